The largest absolute Gasteiger partial charge is 0.484 e. The molecule has 25 heavy (non-hydrogen) atoms. The van der Waals surface area contributed by atoms with Crippen molar-refractivity contribution in [2.75, 3.05) is 11.9 Å². The maximum absolute atomic E-state index is 12.0. The van der Waals surface area contributed by atoms with Gasteiger partial charge in [-0.15, -0.1) is 11.3 Å². The van der Waals surface area contributed by atoms with Gasteiger partial charge in [0.25, 0.3) is 5.91 Å². The molecule has 0 saturated carbocycles. The Balaban J connectivity index is 1.32. The highest BCUT2D eigenvalue weighted by molar-refractivity contribution is 7.15. The van der Waals surface area contributed by atoms with E-state index in [2.05, 4.69) is 22.4 Å². The Bertz CT molecular complexity index is 851. The minimum atomic E-state index is -0.181. The number of ether oxygens (including phenoxy) is 1. The molecule has 0 atom stereocenters. The summed E-state index contributed by atoms with van der Waals surface area (Å²) >= 11 is 1.57. The highest BCUT2D eigenvalue weighted by atomic mass is 32.1. The summed E-state index contributed by atoms with van der Waals surface area (Å²) in [5, 5.41) is 3.50. The van der Waals surface area contributed by atoms with Gasteiger partial charge in [-0.3, -0.25) is 10.1 Å². The van der Waals surface area contributed by atoms with Crippen LogP contribution >= 0.6 is 11.3 Å². The van der Waals surface area contributed by atoms with Crippen molar-refractivity contribution in [3.05, 3.63) is 65.2 Å². The number of anilines is 1. The number of amides is 1. The summed E-state index contributed by atoms with van der Waals surface area (Å²) in [6.07, 6.45) is 3.27. The molecule has 5 heteroatoms. The van der Waals surface area contributed by atoms with Crippen molar-refractivity contribution in [1.82, 2.24) is 4.98 Å². The molecule has 2 aromatic carbocycles. The van der Waals surface area contributed by atoms with Gasteiger partial charge in [0.2, 0.25) is 0 Å². The van der Waals surface area contributed by atoms with Crippen LogP contribution in [0.5, 0.6) is 5.75 Å². The second-order valence-corrected chi connectivity index (χ2v) is 7.05. The number of carbonyl (C=O) groups excluding carboxylic acids is 1. The molecule has 4 nitrogen and oxygen atoms in total. The summed E-state index contributed by atoms with van der Waals surface area (Å²) in [5.74, 6) is 0.496. The Morgan fingerprint density at radius 2 is 1.80 bits per heavy atom. The molecule has 1 aliphatic rings. The van der Waals surface area contributed by atoms with Gasteiger partial charge in [0.15, 0.2) is 11.7 Å². The standard InChI is InChI=1S/C20H18N2O2S/c23-19(22-20-21-17-7-4-8-18(17)25-20)13-24-16-11-9-15(10-12-16)14-5-2-1-3-6-14/h1-3,5-6,9-12H,4,7-8,13H2,(H,21,22,23). The highest BCUT2D eigenvalue weighted by Crippen LogP contribution is 2.30. The van der Waals surface area contributed by atoms with Crippen LogP contribution in [0.2, 0.25) is 0 Å². The molecule has 0 radical (unpaired) electrons. The predicted octanol–water partition coefficient (Wildman–Crippen LogP) is 4.32. The van der Waals surface area contributed by atoms with E-state index in [9.17, 15) is 4.79 Å². The molecular formula is C20H18N2O2S. The molecule has 1 aromatic heterocycles. The molecule has 0 unspecified atom stereocenters. The number of aromatic nitrogens is 1. The number of nitrogens with one attached hydrogen (secondary N) is 1. The molecule has 4 rings (SSSR count). The summed E-state index contributed by atoms with van der Waals surface area (Å²) in [7, 11) is 0. The molecular weight excluding hydrogens is 332 g/mol. The Morgan fingerprint density at radius 3 is 2.56 bits per heavy atom. The van der Waals surface area contributed by atoms with E-state index in [4.69, 9.17) is 4.74 Å². The van der Waals surface area contributed by atoms with E-state index in [-0.39, 0.29) is 12.5 Å². The average molecular weight is 350 g/mol. The van der Waals surface area contributed by atoms with Gasteiger partial charge in [-0.1, -0.05) is 42.5 Å². The van der Waals surface area contributed by atoms with E-state index in [1.165, 1.54) is 11.3 Å². The van der Waals surface area contributed by atoms with Crippen molar-refractivity contribution in [2.24, 2.45) is 0 Å². The molecule has 0 fully saturated rings. The maximum Gasteiger partial charge on any atom is 0.264 e. The van der Waals surface area contributed by atoms with E-state index in [1.807, 2.05) is 42.5 Å². The summed E-state index contributed by atoms with van der Waals surface area (Å²) in [6, 6.07) is 17.9. The molecule has 0 saturated heterocycles. The summed E-state index contributed by atoms with van der Waals surface area (Å²) in [4.78, 5) is 17.8. The Morgan fingerprint density at radius 1 is 1.04 bits per heavy atom. The Kier molecular flexibility index (Phi) is 4.48. The number of nitrogens with zero attached hydrogens (tertiary/aromatic N) is 1. The van der Waals surface area contributed by atoms with Crippen LogP contribution in [0.4, 0.5) is 5.13 Å². The van der Waals surface area contributed by atoms with E-state index >= 15 is 0 Å². The van der Waals surface area contributed by atoms with Crippen molar-refractivity contribution in [3.8, 4) is 16.9 Å². The lowest BCUT2D eigenvalue weighted by atomic mass is 10.1. The summed E-state index contributed by atoms with van der Waals surface area (Å²) in [6.45, 7) is -0.0189. The van der Waals surface area contributed by atoms with E-state index < -0.39 is 0 Å². The third kappa shape index (κ3) is 3.72. The number of fused-ring (bicyclic) bond motifs is 1. The van der Waals surface area contributed by atoms with Crippen molar-refractivity contribution in [2.45, 2.75) is 19.3 Å². The van der Waals surface area contributed by atoms with Crippen molar-refractivity contribution in [3.63, 3.8) is 0 Å². The van der Waals surface area contributed by atoms with Gasteiger partial charge in [-0.05, 0) is 42.5 Å². The maximum atomic E-state index is 12.0. The highest BCUT2D eigenvalue weighted by Gasteiger charge is 2.17. The smallest absolute Gasteiger partial charge is 0.264 e. The van der Waals surface area contributed by atoms with Crippen LogP contribution in [0.1, 0.15) is 17.0 Å². The zero-order chi connectivity index (χ0) is 17.1. The van der Waals surface area contributed by atoms with Gasteiger partial charge in [-0.2, -0.15) is 0 Å². The van der Waals surface area contributed by atoms with Crippen molar-refractivity contribution >= 4 is 22.4 Å². The molecule has 1 N–H and O–H groups in total. The van der Waals surface area contributed by atoms with Crippen LogP contribution in [0.15, 0.2) is 54.6 Å². The van der Waals surface area contributed by atoms with E-state index in [0.29, 0.717) is 10.9 Å². The van der Waals surface area contributed by atoms with Gasteiger partial charge >= 0.3 is 0 Å². The minimum absolute atomic E-state index is 0.0189. The van der Waals surface area contributed by atoms with E-state index in [0.717, 1.165) is 29.7 Å². The van der Waals surface area contributed by atoms with Crippen LogP contribution in [0, 0.1) is 0 Å². The average Bonchev–Trinajstić information content (AvgIpc) is 3.23. The normalized spacial score (nSPS) is 12.6. The molecule has 1 heterocycles. The van der Waals surface area contributed by atoms with E-state index in [1.54, 1.807) is 11.3 Å². The van der Waals surface area contributed by atoms with Gasteiger partial charge in [0.1, 0.15) is 5.75 Å². The minimum Gasteiger partial charge on any atom is -0.484 e. The number of hydrogen-bond donors (Lipinski definition) is 1. The van der Waals surface area contributed by atoms with Crippen LogP contribution in [0.3, 0.4) is 0 Å². The van der Waals surface area contributed by atoms with Gasteiger partial charge in [-0.25, -0.2) is 4.98 Å². The molecule has 1 aliphatic carbocycles. The second-order valence-electron chi connectivity index (χ2n) is 5.97. The Labute approximate surface area is 150 Å². The molecule has 126 valence electrons. The Hall–Kier alpha value is -2.66. The summed E-state index contributed by atoms with van der Waals surface area (Å²) < 4.78 is 5.57. The zero-order valence-corrected chi connectivity index (χ0v) is 14.5. The fraction of sp³-hybridized carbons (Fsp3) is 0.200. The zero-order valence-electron chi connectivity index (χ0n) is 13.7. The lowest BCUT2D eigenvalue weighted by Crippen LogP contribution is -2.20. The first-order valence-corrected chi connectivity index (χ1v) is 9.16. The molecule has 0 aliphatic heterocycles. The fourth-order valence-corrected chi connectivity index (χ4v) is 3.99. The van der Waals surface area contributed by atoms with Gasteiger partial charge < -0.3 is 4.74 Å². The van der Waals surface area contributed by atoms with Crippen molar-refractivity contribution in [1.29, 1.82) is 0 Å². The van der Waals surface area contributed by atoms with Crippen LogP contribution in [0.25, 0.3) is 11.1 Å². The predicted molar refractivity (Wildman–Crippen MR) is 100 cm³/mol. The first kappa shape index (κ1) is 15.8. The number of rotatable bonds is 5. The van der Waals surface area contributed by atoms with Gasteiger partial charge in [0.05, 0.1) is 5.69 Å². The lowest BCUT2D eigenvalue weighted by molar-refractivity contribution is -0.118. The van der Waals surface area contributed by atoms with Crippen LogP contribution < -0.4 is 10.1 Å². The number of hydrogen-bond acceptors (Lipinski definition) is 4. The lowest BCUT2D eigenvalue weighted by Gasteiger charge is -2.07. The van der Waals surface area contributed by atoms with Gasteiger partial charge in [0, 0.05) is 4.88 Å². The molecule has 3 aromatic rings. The topological polar surface area (TPSA) is 51.2 Å². The number of carbonyl (C=O) groups is 1. The SMILES string of the molecule is O=C(COc1ccc(-c2ccccc2)cc1)Nc1nc2c(s1)CCC2. The first-order chi connectivity index (χ1) is 12.3. The monoisotopic (exact) mass is 350 g/mol. The first-order valence-electron chi connectivity index (χ1n) is 8.35. The number of thiazole rings is 1. The third-order valence-corrected chi connectivity index (χ3v) is 5.25. The quantitative estimate of drug-likeness (QED) is 0.746. The molecule has 1 amide bonds. The molecule has 0 bridgehead atoms. The molecule has 0 spiro atoms. The summed E-state index contributed by atoms with van der Waals surface area (Å²) in [5.41, 5.74) is 3.41. The van der Waals surface area contributed by atoms with Crippen molar-refractivity contribution < 1.29 is 9.53 Å². The third-order valence-electron chi connectivity index (χ3n) is 4.17. The number of benzene rings is 2. The van der Waals surface area contributed by atoms with Crippen LogP contribution in [-0.4, -0.2) is 17.5 Å². The fourth-order valence-electron chi connectivity index (χ4n) is 2.92. The van der Waals surface area contributed by atoms with Crippen LogP contribution in [-0.2, 0) is 17.6 Å². The second kappa shape index (κ2) is 7.07. The number of aryl methyl sites for hydroxylation is 2.